The molecule has 2 heterocycles. The largest absolute Gasteiger partial charge is 0.497 e. The Morgan fingerprint density at radius 3 is 2.58 bits per heavy atom. The fraction of sp³-hybridized carbons (Fsp3) is 0.520. The number of fused-ring (bicyclic) bond motifs is 1. The maximum atomic E-state index is 13.6. The summed E-state index contributed by atoms with van der Waals surface area (Å²) in [7, 11) is 1.66. The zero-order valence-electron chi connectivity index (χ0n) is 18.7. The lowest BCUT2D eigenvalue weighted by Crippen LogP contribution is -2.51. The van der Waals surface area contributed by atoms with Crippen LogP contribution < -0.4 is 4.74 Å². The van der Waals surface area contributed by atoms with Crippen LogP contribution in [0.3, 0.4) is 0 Å². The van der Waals surface area contributed by atoms with Crippen molar-refractivity contribution in [2.75, 3.05) is 20.2 Å². The zero-order chi connectivity index (χ0) is 22.0. The molecule has 2 atom stereocenters. The quantitative estimate of drug-likeness (QED) is 0.629. The van der Waals surface area contributed by atoms with Crippen molar-refractivity contribution < 1.29 is 14.3 Å². The lowest BCUT2D eigenvalue weighted by atomic mass is 9.84. The van der Waals surface area contributed by atoms with Gasteiger partial charge in [0.05, 0.1) is 13.2 Å². The number of hydrogen-bond donors (Lipinski definition) is 0. The van der Waals surface area contributed by atoms with E-state index in [0.29, 0.717) is 6.54 Å². The van der Waals surface area contributed by atoms with Gasteiger partial charge in [-0.1, -0.05) is 25.5 Å². The van der Waals surface area contributed by atoms with Gasteiger partial charge in [0, 0.05) is 23.4 Å². The molecule has 2 aromatic rings. The summed E-state index contributed by atoms with van der Waals surface area (Å²) in [6, 6.07) is 10.1. The smallest absolute Gasteiger partial charge is 0.243 e. The van der Waals surface area contributed by atoms with Gasteiger partial charge < -0.3 is 14.5 Å². The maximum Gasteiger partial charge on any atom is 0.243 e. The molecule has 0 radical (unpaired) electrons. The summed E-state index contributed by atoms with van der Waals surface area (Å²) in [5.74, 6) is 1.09. The Morgan fingerprint density at radius 1 is 1.23 bits per heavy atom. The molecule has 5 nitrogen and oxygen atoms in total. The monoisotopic (exact) mass is 440 g/mol. The summed E-state index contributed by atoms with van der Waals surface area (Å²) in [6.45, 7) is 4.97. The zero-order valence-corrected chi connectivity index (χ0v) is 19.5. The summed E-state index contributed by atoms with van der Waals surface area (Å²) >= 11 is 1.76. The van der Waals surface area contributed by atoms with Gasteiger partial charge in [-0.15, -0.1) is 11.3 Å². The van der Waals surface area contributed by atoms with Crippen molar-refractivity contribution in [2.24, 2.45) is 5.92 Å². The SMILES string of the molecule is CCC(C)N(CC(=O)N1CCc2sccc2C1c1ccc(OC)cc1)C(=O)C1CCC1. The molecule has 1 fully saturated rings. The Kier molecular flexibility index (Phi) is 6.65. The summed E-state index contributed by atoms with van der Waals surface area (Å²) in [4.78, 5) is 31.8. The van der Waals surface area contributed by atoms with Crippen LogP contribution in [0.2, 0.25) is 0 Å². The van der Waals surface area contributed by atoms with Crippen LogP contribution in [0.5, 0.6) is 5.75 Å². The van der Waals surface area contributed by atoms with E-state index in [1.54, 1.807) is 18.4 Å². The highest BCUT2D eigenvalue weighted by atomic mass is 32.1. The van der Waals surface area contributed by atoms with Crippen molar-refractivity contribution in [3.63, 3.8) is 0 Å². The number of methoxy groups -OCH3 is 1. The number of carbonyl (C=O) groups is 2. The van der Waals surface area contributed by atoms with Crippen LogP contribution in [0.4, 0.5) is 0 Å². The molecular weight excluding hydrogens is 408 g/mol. The van der Waals surface area contributed by atoms with Gasteiger partial charge in [0.2, 0.25) is 11.8 Å². The highest BCUT2D eigenvalue weighted by Crippen LogP contribution is 2.38. The topological polar surface area (TPSA) is 49.9 Å². The second-order valence-corrected chi connectivity index (χ2v) is 9.66. The van der Waals surface area contributed by atoms with E-state index in [1.807, 2.05) is 34.1 Å². The molecule has 6 heteroatoms. The predicted molar refractivity (Wildman–Crippen MR) is 123 cm³/mol. The van der Waals surface area contributed by atoms with E-state index in [2.05, 4.69) is 25.3 Å². The van der Waals surface area contributed by atoms with Gasteiger partial charge in [0.25, 0.3) is 0 Å². The Bertz CT molecular complexity index is 919. The normalized spacial score (nSPS) is 19.3. The maximum absolute atomic E-state index is 13.6. The first-order valence-electron chi connectivity index (χ1n) is 11.3. The fourth-order valence-electron chi connectivity index (χ4n) is 4.53. The van der Waals surface area contributed by atoms with E-state index in [-0.39, 0.29) is 36.4 Å². The highest BCUT2D eigenvalue weighted by molar-refractivity contribution is 7.10. The summed E-state index contributed by atoms with van der Waals surface area (Å²) in [6.07, 6.45) is 4.74. The molecule has 1 aliphatic carbocycles. The molecule has 166 valence electrons. The number of ether oxygens (including phenoxy) is 1. The first-order chi connectivity index (χ1) is 15.0. The Balaban J connectivity index is 1.60. The number of thiophene rings is 1. The molecule has 1 aromatic carbocycles. The van der Waals surface area contributed by atoms with E-state index in [1.165, 1.54) is 10.4 Å². The van der Waals surface area contributed by atoms with Gasteiger partial charge in [0.15, 0.2) is 0 Å². The van der Waals surface area contributed by atoms with Gasteiger partial charge >= 0.3 is 0 Å². The molecule has 1 aromatic heterocycles. The van der Waals surface area contributed by atoms with Gasteiger partial charge in [0.1, 0.15) is 12.3 Å². The van der Waals surface area contributed by atoms with Crippen molar-refractivity contribution in [1.82, 2.24) is 9.80 Å². The Morgan fingerprint density at radius 2 is 1.97 bits per heavy atom. The number of amides is 2. The second kappa shape index (κ2) is 9.43. The molecule has 2 unspecified atom stereocenters. The minimum atomic E-state index is -0.119. The van der Waals surface area contributed by atoms with E-state index in [0.717, 1.165) is 43.4 Å². The Hall–Kier alpha value is -2.34. The summed E-state index contributed by atoms with van der Waals surface area (Å²) in [5, 5.41) is 2.11. The molecule has 31 heavy (non-hydrogen) atoms. The van der Waals surface area contributed by atoms with Crippen LogP contribution in [-0.2, 0) is 16.0 Å². The predicted octanol–water partition coefficient (Wildman–Crippen LogP) is 4.66. The van der Waals surface area contributed by atoms with Crippen molar-refractivity contribution in [1.29, 1.82) is 0 Å². The van der Waals surface area contributed by atoms with Crippen LogP contribution in [0.15, 0.2) is 35.7 Å². The summed E-state index contributed by atoms with van der Waals surface area (Å²) < 4.78 is 5.32. The molecule has 0 N–H and O–H groups in total. The minimum Gasteiger partial charge on any atom is -0.497 e. The molecule has 4 rings (SSSR count). The lowest BCUT2D eigenvalue weighted by Gasteiger charge is -2.40. The van der Waals surface area contributed by atoms with E-state index in [9.17, 15) is 9.59 Å². The van der Waals surface area contributed by atoms with Crippen LogP contribution in [-0.4, -0.2) is 47.9 Å². The first kappa shape index (κ1) is 21.9. The number of benzene rings is 1. The van der Waals surface area contributed by atoms with Crippen LogP contribution >= 0.6 is 11.3 Å². The van der Waals surface area contributed by atoms with Crippen molar-refractivity contribution in [3.05, 3.63) is 51.7 Å². The van der Waals surface area contributed by atoms with Crippen LogP contribution in [0.25, 0.3) is 0 Å². The van der Waals surface area contributed by atoms with Crippen LogP contribution in [0.1, 0.15) is 61.6 Å². The Labute approximate surface area is 189 Å². The second-order valence-electron chi connectivity index (χ2n) is 8.66. The molecule has 0 spiro atoms. The third-order valence-electron chi connectivity index (χ3n) is 6.88. The fourth-order valence-corrected chi connectivity index (χ4v) is 5.43. The minimum absolute atomic E-state index is 0.0330. The average molecular weight is 441 g/mol. The van der Waals surface area contributed by atoms with Crippen molar-refractivity contribution in [3.8, 4) is 5.75 Å². The van der Waals surface area contributed by atoms with E-state index >= 15 is 0 Å². The first-order valence-corrected chi connectivity index (χ1v) is 12.2. The molecule has 1 aliphatic heterocycles. The molecule has 1 saturated carbocycles. The molecule has 0 saturated heterocycles. The average Bonchev–Trinajstić information content (AvgIpc) is 3.23. The molecule has 2 aliphatic rings. The standard InChI is InChI=1S/C25H32N2O3S/c1-4-17(2)27(25(29)19-6-5-7-19)16-23(28)26-14-12-22-21(13-15-31-22)24(26)18-8-10-20(30-3)11-9-18/h8-11,13,15,17,19,24H,4-7,12,14,16H2,1-3H3. The number of hydrogen-bond acceptors (Lipinski definition) is 4. The third-order valence-corrected chi connectivity index (χ3v) is 7.88. The van der Waals surface area contributed by atoms with E-state index < -0.39 is 0 Å². The number of carbonyl (C=O) groups excluding carboxylic acids is 2. The third kappa shape index (κ3) is 4.36. The van der Waals surface area contributed by atoms with E-state index in [4.69, 9.17) is 4.74 Å². The van der Waals surface area contributed by atoms with Crippen molar-refractivity contribution in [2.45, 2.75) is 58.0 Å². The summed E-state index contributed by atoms with van der Waals surface area (Å²) in [5.41, 5.74) is 2.28. The van der Waals surface area contributed by atoms with Gasteiger partial charge in [-0.05, 0) is 67.3 Å². The number of rotatable bonds is 7. The number of nitrogens with zero attached hydrogens (tertiary/aromatic N) is 2. The molecule has 2 amide bonds. The molecular formula is C25H32N2O3S. The lowest BCUT2D eigenvalue weighted by molar-refractivity contribution is -0.147. The molecule has 0 bridgehead atoms. The van der Waals surface area contributed by atoms with Crippen molar-refractivity contribution >= 4 is 23.2 Å². The van der Waals surface area contributed by atoms with Crippen LogP contribution in [0, 0.1) is 5.92 Å². The van der Waals surface area contributed by atoms with Gasteiger partial charge in [-0.3, -0.25) is 9.59 Å². The highest BCUT2D eigenvalue weighted by Gasteiger charge is 2.37. The van der Waals surface area contributed by atoms with Gasteiger partial charge in [-0.2, -0.15) is 0 Å². The van der Waals surface area contributed by atoms with Gasteiger partial charge in [-0.25, -0.2) is 0 Å².